The lowest BCUT2D eigenvalue weighted by Crippen LogP contribution is -2.60. The number of aryl methyl sites for hydroxylation is 1. The summed E-state index contributed by atoms with van der Waals surface area (Å²) >= 11 is 0. The van der Waals surface area contributed by atoms with Crippen molar-refractivity contribution in [2.24, 2.45) is 0 Å². The van der Waals surface area contributed by atoms with Crippen LogP contribution in [-0.4, -0.2) is 55.8 Å². The van der Waals surface area contributed by atoms with E-state index in [0.717, 1.165) is 24.9 Å². The number of carbonyl (C=O) groups is 1. The second-order valence-electron chi connectivity index (χ2n) is 7.05. The van der Waals surface area contributed by atoms with Gasteiger partial charge in [0, 0.05) is 19.1 Å². The van der Waals surface area contributed by atoms with Crippen molar-refractivity contribution in [1.82, 2.24) is 9.21 Å². The number of ether oxygens (including phenoxy) is 1. The van der Waals surface area contributed by atoms with E-state index in [2.05, 4.69) is 0 Å². The fourth-order valence-corrected chi connectivity index (χ4v) is 6.21. The number of fused-ring (bicyclic) bond motifs is 1. The van der Waals surface area contributed by atoms with Crippen molar-refractivity contribution in [2.75, 3.05) is 20.2 Å². The van der Waals surface area contributed by atoms with Crippen LogP contribution in [0.25, 0.3) is 0 Å². The van der Waals surface area contributed by atoms with Crippen molar-refractivity contribution in [3.05, 3.63) is 22.8 Å². The summed E-state index contributed by atoms with van der Waals surface area (Å²) in [6, 6.07) is 1.09. The molecule has 25 heavy (non-hydrogen) atoms. The topological polar surface area (TPSA) is 66.9 Å². The molecule has 0 saturated carbocycles. The number of sulfonamides is 1. The average Bonchev–Trinajstić information content (AvgIpc) is 3.02. The number of hydrogen-bond donors (Lipinski definition) is 0. The van der Waals surface area contributed by atoms with Crippen LogP contribution in [0.2, 0.25) is 0 Å². The van der Waals surface area contributed by atoms with Crippen molar-refractivity contribution in [3.63, 3.8) is 0 Å². The van der Waals surface area contributed by atoms with Gasteiger partial charge in [-0.3, -0.25) is 4.79 Å². The van der Waals surface area contributed by atoms with Crippen molar-refractivity contribution < 1.29 is 17.9 Å². The van der Waals surface area contributed by atoms with E-state index < -0.39 is 16.1 Å². The molecular formula is C18H26N2O4S. The number of piperazine rings is 1. The number of methoxy groups -OCH3 is 1. The molecule has 2 heterocycles. The van der Waals surface area contributed by atoms with Gasteiger partial charge in [-0.1, -0.05) is 0 Å². The Labute approximate surface area is 149 Å². The molecule has 0 aromatic heterocycles. The molecule has 2 fully saturated rings. The molecule has 138 valence electrons. The van der Waals surface area contributed by atoms with Gasteiger partial charge in [-0.15, -0.1) is 0 Å². The normalized spacial score (nSPS) is 24.5. The third-order valence-corrected chi connectivity index (χ3v) is 7.83. The Kier molecular flexibility index (Phi) is 4.58. The Morgan fingerprint density at radius 2 is 1.88 bits per heavy atom. The molecular weight excluding hydrogens is 340 g/mol. The van der Waals surface area contributed by atoms with Gasteiger partial charge in [0.1, 0.15) is 11.8 Å². The number of carbonyl (C=O) groups excluding carboxylic acids is 1. The quantitative estimate of drug-likeness (QED) is 0.821. The molecule has 1 amide bonds. The summed E-state index contributed by atoms with van der Waals surface area (Å²) in [6.45, 7) is 8.24. The van der Waals surface area contributed by atoms with Crippen molar-refractivity contribution >= 4 is 15.9 Å². The highest BCUT2D eigenvalue weighted by Gasteiger charge is 2.46. The highest BCUT2D eigenvalue weighted by molar-refractivity contribution is 7.89. The fourth-order valence-electron chi connectivity index (χ4n) is 4.10. The lowest BCUT2D eigenvalue weighted by Gasteiger charge is -2.41. The van der Waals surface area contributed by atoms with E-state index in [-0.39, 0.29) is 11.9 Å². The maximum atomic E-state index is 13.4. The van der Waals surface area contributed by atoms with Crippen molar-refractivity contribution in [3.8, 4) is 5.75 Å². The third kappa shape index (κ3) is 2.73. The highest BCUT2D eigenvalue weighted by atomic mass is 32.2. The Bertz CT molecular complexity index is 819. The lowest BCUT2D eigenvalue weighted by molar-refractivity contribution is -0.139. The number of rotatable bonds is 3. The number of benzene rings is 1. The zero-order valence-corrected chi connectivity index (χ0v) is 16.3. The van der Waals surface area contributed by atoms with Gasteiger partial charge in [-0.2, -0.15) is 4.31 Å². The van der Waals surface area contributed by atoms with Crippen LogP contribution in [0.15, 0.2) is 11.0 Å². The van der Waals surface area contributed by atoms with Crippen LogP contribution in [0.5, 0.6) is 5.75 Å². The van der Waals surface area contributed by atoms with Gasteiger partial charge in [-0.25, -0.2) is 8.42 Å². The van der Waals surface area contributed by atoms with E-state index in [1.54, 1.807) is 33.9 Å². The van der Waals surface area contributed by atoms with Gasteiger partial charge >= 0.3 is 0 Å². The number of nitrogens with zero attached hydrogens (tertiary/aromatic N) is 2. The van der Waals surface area contributed by atoms with Crippen LogP contribution in [0.4, 0.5) is 0 Å². The predicted octanol–water partition coefficient (Wildman–Crippen LogP) is 2.00. The van der Waals surface area contributed by atoms with Gasteiger partial charge in [0.05, 0.1) is 12.0 Å². The molecule has 3 rings (SSSR count). The minimum atomic E-state index is -3.76. The number of hydrogen-bond acceptors (Lipinski definition) is 4. The highest BCUT2D eigenvalue weighted by Crippen LogP contribution is 2.35. The maximum absolute atomic E-state index is 13.4. The first-order valence-electron chi connectivity index (χ1n) is 8.67. The minimum Gasteiger partial charge on any atom is -0.496 e. The molecule has 2 atom stereocenters. The molecule has 0 radical (unpaired) electrons. The molecule has 2 aliphatic heterocycles. The summed E-state index contributed by atoms with van der Waals surface area (Å²) < 4.78 is 33.6. The summed E-state index contributed by atoms with van der Waals surface area (Å²) in [5.41, 5.74) is 2.14. The Morgan fingerprint density at radius 3 is 2.52 bits per heavy atom. The van der Waals surface area contributed by atoms with Crippen LogP contribution in [0, 0.1) is 20.8 Å². The van der Waals surface area contributed by atoms with Crippen molar-refractivity contribution in [2.45, 2.75) is 57.5 Å². The Morgan fingerprint density at radius 1 is 1.20 bits per heavy atom. The van der Waals surface area contributed by atoms with Crippen LogP contribution in [0.1, 0.15) is 36.5 Å². The zero-order chi connectivity index (χ0) is 18.5. The summed E-state index contributed by atoms with van der Waals surface area (Å²) in [5, 5.41) is 0. The first-order chi connectivity index (χ1) is 11.7. The van der Waals surface area contributed by atoms with Crippen LogP contribution >= 0.6 is 0 Å². The summed E-state index contributed by atoms with van der Waals surface area (Å²) in [6.07, 6.45) is 1.81. The average molecular weight is 366 g/mol. The molecule has 2 saturated heterocycles. The Balaban J connectivity index is 2.08. The molecule has 1 aromatic rings. The zero-order valence-electron chi connectivity index (χ0n) is 15.5. The van der Waals surface area contributed by atoms with Crippen LogP contribution < -0.4 is 4.74 Å². The first kappa shape index (κ1) is 18.2. The van der Waals surface area contributed by atoms with E-state index in [9.17, 15) is 13.2 Å². The van der Waals surface area contributed by atoms with Gasteiger partial charge in [0.2, 0.25) is 15.9 Å². The second kappa shape index (κ2) is 6.29. The maximum Gasteiger partial charge on any atom is 0.244 e. The smallest absolute Gasteiger partial charge is 0.244 e. The number of amides is 1. The molecule has 0 aliphatic carbocycles. The lowest BCUT2D eigenvalue weighted by atomic mass is 10.1. The fraction of sp³-hybridized carbons (Fsp3) is 0.611. The summed E-state index contributed by atoms with van der Waals surface area (Å²) in [4.78, 5) is 14.8. The van der Waals surface area contributed by atoms with Crippen LogP contribution in [-0.2, 0) is 14.8 Å². The standard InChI is InChI=1S/C18H26N2O4S/c1-11-9-16(24-5)12(2)13(3)17(11)25(22,23)20-10-15-7-6-8-19(15)18(21)14(20)4/h9,14-15H,6-8,10H2,1-5H3/t14-,15-/m1/s1. The van der Waals surface area contributed by atoms with Gasteiger partial charge in [0.25, 0.3) is 0 Å². The molecule has 0 bridgehead atoms. The first-order valence-corrected chi connectivity index (χ1v) is 10.1. The summed E-state index contributed by atoms with van der Waals surface area (Å²) in [5.74, 6) is 0.594. The van der Waals surface area contributed by atoms with E-state index in [0.29, 0.717) is 28.3 Å². The Hall–Kier alpha value is -1.60. The molecule has 0 unspecified atom stereocenters. The largest absolute Gasteiger partial charge is 0.496 e. The van der Waals surface area contributed by atoms with E-state index in [1.807, 2.05) is 11.8 Å². The monoisotopic (exact) mass is 366 g/mol. The third-order valence-electron chi connectivity index (χ3n) is 5.61. The summed E-state index contributed by atoms with van der Waals surface area (Å²) in [7, 11) is -2.18. The predicted molar refractivity (Wildman–Crippen MR) is 95.3 cm³/mol. The van der Waals surface area contributed by atoms with Gasteiger partial charge in [0.15, 0.2) is 0 Å². The second-order valence-corrected chi connectivity index (χ2v) is 8.88. The van der Waals surface area contributed by atoms with E-state index >= 15 is 0 Å². The molecule has 6 nitrogen and oxygen atoms in total. The SMILES string of the molecule is COc1cc(C)c(S(=O)(=O)N2C[C@H]3CCCN3C(=O)[C@H]2C)c(C)c1C. The molecule has 1 aromatic carbocycles. The van der Waals surface area contributed by atoms with E-state index in [4.69, 9.17) is 4.74 Å². The van der Waals surface area contributed by atoms with E-state index in [1.165, 1.54) is 4.31 Å². The molecule has 7 heteroatoms. The van der Waals surface area contributed by atoms with Crippen LogP contribution in [0.3, 0.4) is 0 Å². The molecule has 0 N–H and O–H groups in total. The molecule has 2 aliphatic rings. The van der Waals surface area contributed by atoms with Gasteiger partial charge in [-0.05, 0) is 63.3 Å². The van der Waals surface area contributed by atoms with Gasteiger partial charge < -0.3 is 9.64 Å². The molecule has 0 spiro atoms. The minimum absolute atomic E-state index is 0.00145. The van der Waals surface area contributed by atoms with Crippen molar-refractivity contribution in [1.29, 1.82) is 0 Å².